The van der Waals surface area contributed by atoms with Gasteiger partial charge in [-0.25, -0.2) is 0 Å². The van der Waals surface area contributed by atoms with Gasteiger partial charge in [0, 0.05) is 13.1 Å². The molecule has 0 bridgehead atoms. The van der Waals surface area contributed by atoms with Crippen molar-refractivity contribution in [2.24, 2.45) is 10.9 Å². The van der Waals surface area contributed by atoms with E-state index in [4.69, 9.17) is 6.42 Å². The molecule has 0 saturated carbocycles. The second-order valence-electron chi connectivity index (χ2n) is 5.55. The minimum Gasteiger partial charge on any atom is -0.357 e. The van der Waals surface area contributed by atoms with Crippen LogP contribution >= 0.6 is 0 Å². The summed E-state index contributed by atoms with van der Waals surface area (Å²) in [5, 5.41) is 6.30. The smallest absolute Gasteiger partial charge is 0.192 e. The molecule has 0 aromatic rings. The van der Waals surface area contributed by atoms with E-state index in [1.807, 2.05) is 0 Å². The van der Waals surface area contributed by atoms with Crippen LogP contribution in [0.3, 0.4) is 0 Å². The van der Waals surface area contributed by atoms with E-state index in [9.17, 15) is 0 Å². The van der Waals surface area contributed by atoms with Crippen LogP contribution in [0.1, 0.15) is 39.5 Å². The van der Waals surface area contributed by atoms with Crippen LogP contribution < -0.4 is 10.6 Å². The van der Waals surface area contributed by atoms with Crippen molar-refractivity contribution >= 4 is 5.96 Å². The predicted octanol–water partition coefficient (Wildman–Crippen LogP) is 1.69. The molecule has 2 N–H and O–H groups in total. The number of nitrogens with zero attached hydrogens (tertiary/aromatic N) is 2. The first-order valence-corrected chi connectivity index (χ1v) is 7.94. The molecule has 1 saturated heterocycles. The van der Waals surface area contributed by atoms with Crippen molar-refractivity contribution in [3.63, 3.8) is 0 Å². The number of nitrogens with one attached hydrogen (secondary N) is 2. The standard InChI is InChI=1S/C16H30N4/c1-4-10-18-16(17-5-2)19-11-6-7-12-20-13-8-15(3)9-14-20/h1,15H,5-14H2,2-3H3,(H2,17,18,19). The van der Waals surface area contributed by atoms with E-state index in [-0.39, 0.29) is 0 Å². The molecule has 1 heterocycles. The molecule has 0 spiro atoms. The molecule has 0 aromatic carbocycles. The van der Waals surface area contributed by atoms with Gasteiger partial charge in [-0.3, -0.25) is 4.99 Å². The molecule has 0 atom stereocenters. The van der Waals surface area contributed by atoms with E-state index in [2.05, 4.69) is 40.3 Å². The zero-order chi connectivity index (χ0) is 14.6. The fourth-order valence-corrected chi connectivity index (χ4v) is 2.40. The zero-order valence-corrected chi connectivity index (χ0v) is 13.1. The summed E-state index contributed by atoms with van der Waals surface area (Å²) < 4.78 is 0. The average Bonchev–Trinajstić information content (AvgIpc) is 2.46. The summed E-state index contributed by atoms with van der Waals surface area (Å²) in [6.45, 7) is 10.4. The Bertz CT molecular complexity index is 311. The average molecular weight is 278 g/mol. The summed E-state index contributed by atoms with van der Waals surface area (Å²) in [5.74, 6) is 4.31. The molecule has 114 valence electrons. The highest BCUT2D eigenvalue weighted by molar-refractivity contribution is 5.79. The Kier molecular flexibility index (Phi) is 8.90. The molecule has 1 fully saturated rings. The fraction of sp³-hybridized carbons (Fsp3) is 0.812. The highest BCUT2D eigenvalue weighted by Crippen LogP contribution is 2.16. The topological polar surface area (TPSA) is 39.7 Å². The van der Waals surface area contributed by atoms with E-state index in [1.54, 1.807) is 0 Å². The Morgan fingerprint density at radius 1 is 1.30 bits per heavy atom. The van der Waals surface area contributed by atoms with Gasteiger partial charge >= 0.3 is 0 Å². The lowest BCUT2D eigenvalue weighted by Crippen LogP contribution is -2.37. The number of terminal acetylenes is 1. The van der Waals surface area contributed by atoms with Crippen molar-refractivity contribution in [1.82, 2.24) is 15.5 Å². The first-order chi connectivity index (χ1) is 9.76. The molecule has 0 radical (unpaired) electrons. The van der Waals surface area contributed by atoms with Crippen molar-refractivity contribution in [3.05, 3.63) is 0 Å². The number of guanidine groups is 1. The van der Waals surface area contributed by atoms with Crippen molar-refractivity contribution in [1.29, 1.82) is 0 Å². The van der Waals surface area contributed by atoms with Gasteiger partial charge in [0.05, 0.1) is 6.54 Å². The molecule has 1 aliphatic rings. The van der Waals surface area contributed by atoms with Crippen LogP contribution in [0.4, 0.5) is 0 Å². The fourth-order valence-electron chi connectivity index (χ4n) is 2.40. The van der Waals surface area contributed by atoms with Crippen LogP contribution in [0.25, 0.3) is 0 Å². The van der Waals surface area contributed by atoms with E-state index >= 15 is 0 Å². The Morgan fingerprint density at radius 3 is 2.70 bits per heavy atom. The van der Waals surface area contributed by atoms with E-state index in [1.165, 1.54) is 38.9 Å². The normalized spacial score (nSPS) is 17.8. The Hall–Kier alpha value is -1.21. The van der Waals surface area contributed by atoms with Crippen LogP contribution in [0.15, 0.2) is 4.99 Å². The van der Waals surface area contributed by atoms with Gasteiger partial charge in [0.25, 0.3) is 0 Å². The molecular formula is C16H30N4. The van der Waals surface area contributed by atoms with Crippen molar-refractivity contribution < 1.29 is 0 Å². The third kappa shape index (κ3) is 7.40. The van der Waals surface area contributed by atoms with Gasteiger partial charge in [-0.2, -0.15) is 0 Å². The van der Waals surface area contributed by atoms with Crippen molar-refractivity contribution in [3.8, 4) is 12.3 Å². The predicted molar refractivity (Wildman–Crippen MR) is 86.9 cm³/mol. The SMILES string of the molecule is C#CCNC(=NCCCCN1CCC(C)CC1)NCC. The van der Waals surface area contributed by atoms with E-state index in [0.29, 0.717) is 6.54 Å². The summed E-state index contributed by atoms with van der Waals surface area (Å²) in [5.41, 5.74) is 0. The van der Waals surface area contributed by atoms with E-state index in [0.717, 1.165) is 31.4 Å². The van der Waals surface area contributed by atoms with Gasteiger partial charge in [-0.1, -0.05) is 12.8 Å². The Labute approximate surface area is 124 Å². The molecule has 0 aliphatic carbocycles. The van der Waals surface area contributed by atoms with Gasteiger partial charge in [-0.05, 0) is 58.2 Å². The van der Waals surface area contributed by atoms with Crippen LogP contribution in [0.5, 0.6) is 0 Å². The van der Waals surface area contributed by atoms with Crippen LogP contribution in [0.2, 0.25) is 0 Å². The minimum atomic E-state index is 0.526. The molecule has 0 amide bonds. The van der Waals surface area contributed by atoms with E-state index < -0.39 is 0 Å². The van der Waals surface area contributed by atoms with Gasteiger partial charge in [0.1, 0.15) is 0 Å². The molecule has 20 heavy (non-hydrogen) atoms. The number of rotatable bonds is 7. The van der Waals surface area contributed by atoms with Gasteiger partial charge in [0.15, 0.2) is 5.96 Å². The third-order valence-electron chi connectivity index (χ3n) is 3.73. The maximum atomic E-state index is 5.24. The largest absolute Gasteiger partial charge is 0.357 e. The number of hydrogen-bond acceptors (Lipinski definition) is 2. The van der Waals surface area contributed by atoms with Gasteiger partial charge < -0.3 is 15.5 Å². The number of aliphatic imine (C=N–C) groups is 1. The monoisotopic (exact) mass is 278 g/mol. The van der Waals surface area contributed by atoms with Gasteiger partial charge in [-0.15, -0.1) is 6.42 Å². The second-order valence-corrected chi connectivity index (χ2v) is 5.55. The summed E-state index contributed by atoms with van der Waals surface area (Å²) in [7, 11) is 0. The minimum absolute atomic E-state index is 0.526. The highest BCUT2D eigenvalue weighted by Gasteiger charge is 2.14. The molecule has 4 nitrogen and oxygen atoms in total. The molecule has 1 rings (SSSR count). The van der Waals surface area contributed by atoms with Crippen molar-refractivity contribution in [2.45, 2.75) is 39.5 Å². The summed E-state index contributed by atoms with van der Waals surface area (Å²) in [6.07, 6.45) is 10.3. The summed E-state index contributed by atoms with van der Waals surface area (Å²) in [6, 6.07) is 0. The quantitative estimate of drug-likeness (QED) is 0.322. The molecular weight excluding hydrogens is 248 g/mol. The van der Waals surface area contributed by atoms with Crippen LogP contribution in [0, 0.1) is 18.3 Å². The summed E-state index contributed by atoms with van der Waals surface area (Å²) in [4.78, 5) is 7.11. The van der Waals surface area contributed by atoms with Gasteiger partial charge in [0.2, 0.25) is 0 Å². The lowest BCUT2D eigenvalue weighted by molar-refractivity contribution is 0.190. The number of unbranched alkanes of at least 4 members (excludes halogenated alkanes) is 1. The first kappa shape index (κ1) is 16.8. The molecule has 0 aromatic heterocycles. The maximum Gasteiger partial charge on any atom is 0.192 e. The van der Waals surface area contributed by atoms with Crippen LogP contribution in [-0.4, -0.2) is 50.1 Å². The maximum absolute atomic E-state index is 5.24. The molecule has 1 aliphatic heterocycles. The van der Waals surface area contributed by atoms with Crippen LogP contribution in [-0.2, 0) is 0 Å². The first-order valence-electron chi connectivity index (χ1n) is 7.94. The Morgan fingerprint density at radius 2 is 2.05 bits per heavy atom. The lowest BCUT2D eigenvalue weighted by Gasteiger charge is -2.30. The molecule has 4 heteroatoms. The number of piperidine rings is 1. The lowest BCUT2D eigenvalue weighted by atomic mass is 9.99. The van der Waals surface area contributed by atoms with Crippen molar-refractivity contribution in [2.75, 3.05) is 39.3 Å². The summed E-state index contributed by atoms with van der Waals surface area (Å²) >= 11 is 0. The zero-order valence-electron chi connectivity index (χ0n) is 13.1. The number of hydrogen-bond donors (Lipinski definition) is 2. The Balaban J connectivity index is 2.11. The second kappa shape index (κ2) is 10.6. The third-order valence-corrected chi connectivity index (χ3v) is 3.73. The number of likely N-dealkylation sites (tertiary alicyclic amines) is 1. The molecule has 0 unspecified atom stereocenters. The highest BCUT2D eigenvalue weighted by atomic mass is 15.2.